The third-order valence-corrected chi connectivity index (χ3v) is 9.74. The van der Waals surface area contributed by atoms with Crippen LogP contribution in [0.1, 0.15) is 0 Å². The molecule has 0 saturated heterocycles. The van der Waals surface area contributed by atoms with Crippen LogP contribution in [0.25, 0.3) is 44.5 Å². The summed E-state index contributed by atoms with van der Waals surface area (Å²) in [5, 5.41) is 0. The number of rotatable bonds is 12. The van der Waals surface area contributed by atoms with Gasteiger partial charge in [0.15, 0.2) is 11.5 Å². The van der Waals surface area contributed by atoms with Crippen molar-refractivity contribution in [3.05, 3.63) is 231 Å². The Labute approximate surface area is 338 Å². The van der Waals surface area contributed by atoms with Gasteiger partial charge in [-0.15, -0.1) is 0 Å². The van der Waals surface area contributed by atoms with Crippen LogP contribution in [0.5, 0.6) is 46.0 Å². The molecule has 0 amide bonds. The average Bonchev–Trinajstić information content (AvgIpc) is 3.29. The first-order valence-electron chi connectivity index (χ1n) is 19.2. The maximum atomic E-state index is 6.97. The summed E-state index contributed by atoms with van der Waals surface area (Å²) >= 11 is 0. The highest BCUT2D eigenvalue weighted by Gasteiger charge is 2.22. The molecule has 0 aliphatic carbocycles. The van der Waals surface area contributed by atoms with E-state index in [4.69, 9.17) is 18.9 Å². The Hall–Kier alpha value is -7.82. The van der Waals surface area contributed by atoms with Gasteiger partial charge in [-0.2, -0.15) is 0 Å². The van der Waals surface area contributed by atoms with Crippen molar-refractivity contribution in [1.82, 2.24) is 0 Å². The molecule has 0 aliphatic heterocycles. The van der Waals surface area contributed by atoms with E-state index in [2.05, 4.69) is 84.9 Å². The van der Waals surface area contributed by atoms with E-state index in [9.17, 15) is 0 Å². The normalized spacial score (nSPS) is 10.8. The van der Waals surface area contributed by atoms with Crippen LogP contribution < -0.4 is 18.9 Å². The van der Waals surface area contributed by atoms with E-state index in [0.29, 0.717) is 34.5 Å². The molecule has 9 aromatic carbocycles. The summed E-state index contributed by atoms with van der Waals surface area (Å²) < 4.78 is 26.4. The quantitative estimate of drug-likeness (QED) is 0.125. The molecule has 0 saturated carbocycles. The lowest BCUT2D eigenvalue weighted by atomic mass is 9.94. The van der Waals surface area contributed by atoms with Crippen LogP contribution in [-0.2, 0) is 0 Å². The smallest absolute Gasteiger partial charge is 0.170 e. The lowest BCUT2D eigenvalue weighted by molar-refractivity contribution is 0.417. The summed E-state index contributed by atoms with van der Waals surface area (Å²) in [5.41, 5.74) is 8.25. The molecule has 0 atom stereocenters. The van der Waals surface area contributed by atoms with Crippen molar-refractivity contribution in [1.29, 1.82) is 0 Å². The van der Waals surface area contributed by atoms with Crippen LogP contribution >= 0.6 is 0 Å². The molecule has 0 spiro atoms. The maximum Gasteiger partial charge on any atom is 0.170 e. The molecule has 0 radical (unpaired) electrons. The number of hydrogen-bond donors (Lipinski definition) is 0. The Morgan fingerprint density at radius 3 is 1.29 bits per heavy atom. The van der Waals surface area contributed by atoms with Crippen molar-refractivity contribution in [2.24, 2.45) is 0 Å². The van der Waals surface area contributed by atoms with Crippen LogP contribution in [0, 0.1) is 0 Å². The first-order chi connectivity index (χ1) is 28.7. The molecule has 0 fully saturated rings. The predicted octanol–water partition coefficient (Wildman–Crippen LogP) is 15.5. The van der Waals surface area contributed by atoms with E-state index in [0.717, 1.165) is 44.9 Å². The maximum absolute atomic E-state index is 6.97. The van der Waals surface area contributed by atoms with E-state index in [1.54, 1.807) is 0 Å². The highest BCUT2D eigenvalue weighted by atomic mass is 16.5. The zero-order valence-electron chi connectivity index (χ0n) is 31.6. The minimum Gasteiger partial charge on any atom is -0.457 e. The highest BCUT2D eigenvalue weighted by molar-refractivity contribution is 5.87. The molecule has 4 nitrogen and oxygen atoms in total. The number of para-hydroxylation sites is 3. The van der Waals surface area contributed by atoms with Gasteiger partial charge in [-0.05, 0) is 106 Å². The molecule has 9 aromatic rings. The summed E-state index contributed by atoms with van der Waals surface area (Å²) in [4.78, 5) is 0. The van der Waals surface area contributed by atoms with Gasteiger partial charge in [-0.25, -0.2) is 0 Å². The molecule has 0 bridgehead atoms. The van der Waals surface area contributed by atoms with Gasteiger partial charge in [0.25, 0.3) is 0 Å². The Kier molecular flexibility index (Phi) is 10.5. The van der Waals surface area contributed by atoms with Crippen LogP contribution in [-0.4, -0.2) is 0 Å². The van der Waals surface area contributed by atoms with E-state index < -0.39 is 0 Å². The third kappa shape index (κ3) is 8.08. The summed E-state index contributed by atoms with van der Waals surface area (Å²) in [6.07, 6.45) is 0. The number of hydrogen-bond acceptors (Lipinski definition) is 4. The lowest BCUT2D eigenvalue weighted by Crippen LogP contribution is -1.97. The number of benzene rings is 9. The Bertz CT molecular complexity index is 2750. The molecular weight excluding hydrogens is 713 g/mol. The summed E-state index contributed by atoms with van der Waals surface area (Å²) in [7, 11) is 0. The zero-order valence-corrected chi connectivity index (χ0v) is 31.6. The number of ether oxygens (including phenoxy) is 4. The van der Waals surface area contributed by atoms with Crippen LogP contribution in [0.2, 0.25) is 0 Å². The SMILES string of the molecule is c1ccc(Oc2ccccc2Oc2c(-c3ccccc3)ccc(Oc3ccc(Oc4cccc(-c5ccccc5-c5ccccc5)c4)cc3)c2-c2ccccc2)cc1. The second-order valence-corrected chi connectivity index (χ2v) is 13.6. The van der Waals surface area contributed by atoms with Crippen molar-refractivity contribution in [3.8, 4) is 90.5 Å². The van der Waals surface area contributed by atoms with Crippen molar-refractivity contribution >= 4 is 0 Å². The van der Waals surface area contributed by atoms with Gasteiger partial charge < -0.3 is 18.9 Å². The molecule has 0 aliphatic rings. The molecule has 0 aromatic heterocycles. The fourth-order valence-electron chi connectivity index (χ4n) is 6.99. The first kappa shape index (κ1) is 35.9. The minimum atomic E-state index is 0.576. The van der Waals surface area contributed by atoms with Crippen LogP contribution in [0.15, 0.2) is 231 Å². The summed E-state index contributed by atoms with van der Waals surface area (Å²) in [5.74, 6) is 5.27. The standard InChI is InChI=1S/C54H38O4/c1-5-18-39(19-6-1)47-28-13-14-29-48(47)42-24-17-27-46(38-42)55-44-32-34-45(35-33-44)57-52-37-36-49(40-20-7-2-8-21-40)54(53(52)41-22-9-3-10-23-41)58-51-31-16-15-30-50(51)56-43-25-11-4-12-26-43/h1-38H. The molecule has 0 unspecified atom stereocenters. The molecule has 9 rings (SSSR count). The second kappa shape index (κ2) is 16.9. The molecule has 0 N–H and O–H groups in total. The van der Waals surface area contributed by atoms with Gasteiger partial charge in [0.05, 0.1) is 5.56 Å². The molecule has 278 valence electrons. The first-order valence-corrected chi connectivity index (χ1v) is 19.2. The minimum absolute atomic E-state index is 0.576. The van der Waals surface area contributed by atoms with Crippen molar-refractivity contribution in [3.63, 3.8) is 0 Å². The Balaban J connectivity index is 1.04. The lowest BCUT2D eigenvalue weighted by Gasteiger charge is -2.21. The van der Waals surface area contributed by atoms with E-state index in [1.165, 1.54) is 11.1 Å². The molecule has 58 heavy (non-hydrogen) atoms. The average molecular weight is 751 g/mol. The largest absolute Gasteiger partial charge is 0.457 e. The van der Waals surface area contributed by atoms with E-state index >= 15 is 0 Å². The molecule has 0 heterocycles. The van der Waals surface area contributed by atoms with Gasteiger partial charge >= 0.3 is 0 Å². The Morgan fingerprint density at radius 1 is 0.224 bits per heavy atom. The fourth-order valence-corrected chi connectivity index (χ4v) is 6.99. The monoisotopic (exact) mass is 750 g/mol. The van der Waals surface area contributed by atoms with Gasteiger partial charge in [0, 0.05) is 5.56 Å². The van der Waals surface area contributed by atoms with Gasteiger partial charge in [0.1, 0.15) is 34.5 Å². The Morgan fingerprint density at radius 2 is 0.655 bits per heavy atom. The van der Waals surface area contributed by atoms with Crippen LogP contribution in [0.3, 0.4) is 0 Å². The fraction of sp³-hybridized carbons (Fsp3) is 0. The predicted molar refractivity (Wildman–Crippen MR) is 234 cm³/mol. The van der Waals surface area contributed by atoms with Crippen molar-refractivity contribution < 1.29 is 18.9 Å². The van der Waals surface area contributed by atoms with Crippen molar-refractivity contribution in [2.75, 3.05) is 0 Å². The van der Waals surface area contributed by atoms with Gasteiger partial charge in [-0.3, -0.25) is 0 Å². The molecular formula is C54H38O4. The zero-order chi connectivity index (χ0) is 38.9. The third-order valence-electron chi connectivity index (χ3n) is 9.74. The van der Waals surface area contributed by atoms with E-state index in [1.807, 2.05) is 146 Å². The van der Waals surface area contributed by atoms with E-state index in [-0.39, 0.29) is 0 Å². The molecule has 4 heteroatoms. The van der Waals surface area contributed by atoms with Crippen molar-refractivity contribution in [2.45, 2.75) is 0 Å². The highest BCUT2D eigenvalue weighted by Crippen LogP contribution is 2.49. The van der Waals surface area contributed by atoms with Gasteiger partial charge in [0.2, 0.25) is 0 Å². The summed E-state index contributed by atoms with van der Waals surface area (Å²) in [6, 6.07) is 76.7. The van der Waals surface area contributed by atoms with Gasteiger partial charge in [-0.1, -0.05) is 158 Å². The second-order valence-electron chi connectivity index (χ2n) is 13.6. The topological polar surface area (TPSA) is 36.9 Å². The van der Waals surface area contributed by atoms with Crippen LogP contribution in [0.4, 0.5) is 0 Å². The summed E-state index contributed by atoms with van der Waals surface area (Å²) in [6.45, 7) is 0.